The van der Waals surface area contributed by atoms with E-state index in [1.165, 1.54) is 0 Å². The molecule has 4 heteroatoms. The minimum Gasteiger partial charge on any atom is -0.394 e. The van der Waals surface area contributed by atoms with Crippen molar-refractivity contribution >= 4 is 0 Å². The van der Waals surface area contributed by atoms with Gasteiger partial charge in [0.2, 0.25) is 0 Å². The van der Waals surface area contributed by atoms with Gasteiger partial charge >= 0.3 is 0 Å². The highest BCUT2D eigenvalue weighted by Gasteiger charge is 1.98. The molecular weight excluding hydrogens is 158 g/mol. The molecule has 0 saturated carbocycles. The summed E-state index contributed by atoms with van der Waals surface area (Å²) < 4.78 is 10.3. The quantitative estimate of drug-likeness (QED) is 0.502. The van der Waals surface area contributed by atoms with Crippen molar-refractivity contribution in [1.29, 1.82) is 0 Å². The van der Waals surface area contributed by atoms with Crippen molar-refractivity contribution in [1.82, 2.24) is 0 Å². The van der Waals surface area contributed by atoms with E-state index in [0.717, 1.165) is 6.42 Å². The molecule has 0 aliphatic heterocycles. The van der Waals surface area contributed by atoms with Crippen molar-refractivity contribution in [3.63, 3.8) is 0 Å². The Kier molecular flexibility index (Phi) is 8.81. The van der Waals surface area contributed by atoms with Crippen LogP contribution in [0.1, 0.15) is 13.3 Å². The van der Waals surface area contributed by atoms with Crippen LogP contribution in [0.3, 0.4) is 0 Å². The van der Waals surface area contributed by atoms with Crippen LogP contribution in [0.2, 0.25) is 0 Å². The zero-order chi connectivity index (χ0) is 9.23. The molecule has 0 radical (unpaired) electrons. The van der Waals surface area contributed by atoms with Crippen molar-refractivity contribution in [2.24, 2.45) is 5.73 Å². The molecule has 74 valence electrons. The molecule has 0 amide bonds. The molecule has 0 rings (SSSR count). The van der Waals surface area contributed by atoms with Gasteiger partial charge in [-0.05, 0) is 19.9 Å². The van der Waals surface area contributed by atoms with Crippen LogP contribution in [0.4, 0.5) is 0 Å². The molecule has 0 aromatic carbocycles. The topological polar surface area (TPSA) is 64.7 Å². The summed E-state index contributed by atoms with van der Waals surface area (Å²) in [6, 6.07) is 0. The molecule has 0 saturated heterocycles. The van der Waals surface area contributed by atoms with E-state index in [2.05, 4.69) is 0 Å². The molecule has 0 fully saturated rings. The van der Waals surface area contributed by atoms with Crippen LogP contribution in [0, 0.1) is 0 Å². The molecular formula is C8H19NO3. The van der Waals surface area contributed by atoms with E-state index < -0.39 is 0 Å². The van der Waals surface area contributed by atoms with Gasteiger partial charge in [0.15, 0.2) is 0 Å². The number of hydrogen-bond donors (Lipinski definition) is 2. The van der Waals surface area contributed by atoms with Crippen LogP contribution in [-0.4, -0.2) is 44.2 Å². The first-order valence-corrected chi connectivity index (χ1v) is 4.31. The first-order valence-electron chi connectivity index (χ1n) is 4.31. The van der Waals surface area contributed by atoms with E-state index in [0.29, 0.717) is 26.4 Å². The van der Waals surface area contributed by atoms with Crippen molar-refractivity contribution in [2.45, 2.75) is 19.4 Å². The van der Waals surface area contributed by atoms with E-state index in [-0.39, 0.29) is 12.7 Å². The second kappa shape index (κ2) is 8.93. The zero-order valence-electron chi connectivity index (χ0n) is 7.66. The van der Waals surface area contributed by atoms with Crippen molar-refractivity contribution < 1.29 is 14.6 Å². The fraction of sp³-hybridized carbons (Fsp3) is 1.00. The predicted molar refractivity (Wildman–Crippen MR) is 47.0 cm³/mol. The monoisotopic (exact) mass is 177 g/mol. The van der Waals surface area contributed by atoms with E-state index in [1.54, 1.807) is 0 Å². The molecule has 0 aromatic rings. The van der Waals surface area contributed by atoms with Crippen LogP contribution in [0.5, 0.6) is 0 Å². The summed E-state index contributed by atoms with van der Waals surface area (Å²) in [7, 11) is 0. The lowest BCUT2D eigenvalue weighted by molar-refractivity contribution is 0.00241. The van der Waals surface area contributed by atoms with Gasteiger partial charge < -0.3 is 20.3 Å². The normalized spacial score (nSPS) is 13.2. The van der Waals surface area contributed by atoms with Crippen LogP contribution >= 0.6 is 0 Å². The highest BCUT2D eigenvalue weighted by atomic mass is 16.5. The summed E-state index contributed by atoms with van der Waals surface area (Å²) in [5.74, 6) is 0. The van der Waals surface area contributed by atoms with Gasteiger partial charge in [0.25, 0.3) is 0 Å². The molecule has 1 atom stereocenters. The first kappa shape index (κ1) is 11.8. The molecule has 4 nitrogen and oxygen atoms in total. The molecule has 0 aromatic heterocycles. The lowest BCUT2D eigenvalue weighted by atomic mass is 10.3. The average molecular weight is 177 g/mol. The smallest absolute Gasteiger partial charge is 0.0704 e. The third-order valence-corrected chi connectivity index (χ3v) is 1.44. The zero-order valence-corrected chi connectivity index (χ0v) is 7.66. The van der Waals surface area contributed by atoms with Gasteiger partial charge in [0.1, 0.15) is 0 Å². The van der Waals surface area contributed by atoms with Gasteiger partial charge in [-0.15, -0.1) is 0 Å². The maximum absolute atomic E-state index is 8.38. The maximum Gasteiger partial charge on any atom is 0.0704 e. The largest absolute Gasteiger partial charge is 0.394 e. The lowest BCUT2D eigenvalue weighted by Crippen LogP contribution is -2.17. The van der Waals surface area contributed by atoms with E-state index >= 15 is 0 Å². The number of nitrogens with two attached hydrogens (primary N) is 1. The maximum atomic E-state index is 8.38. The van der Waals surface area contributed by atoms with Gasteiger partial charge in [-0.25, -0.2) is 0 Å². The molecule has 0 bridgehead atoms. The minimum absolute atomic E-state index is 0.0678. The molecule has 0 spiro atoms. The molecule has 0 aliphatic rings. The van der Waals surface area contributed by atoms with E-state index in [1.807, 2.05) is 6.92 Å². The van der Waals surface area contributed by atoms with Gasteiger partial charge in [-0.1, -0.05) is 0 Å². The SMILES string of the molecule is CC(CCN)OCCOCCO. The number of ether oxygens (including phenoxy) is 2. The molecule has 0 aliphatic carbocycles. The predicted octanol–water partition coefficient (Wildman–Crippen LogP) is -0.251. The Morgan fingerprint density at radius 2 is 2.08 bits per heavy atom. The standard InChI is InChI=1S/C8H19NO3/c1-8(2-3-9)12-7-6-11-5-4-10/h8,10H,2-7,9H2,1H3. The molecule has 1 unspecified atom stereocenters. The highest BCUT2D eigenvalue weighted by molar-refractivity contribution is 4.49. The van der Waals surface area contributed by atoms with E-state index in [9.17, 15) is 0 Å². The number of aliphatic hydroxyl groups excluding tert-OH is 1. The van der Waals surface area contributed by atoms with Crippen molar-refractivity contribution in [2.75, 3.05) is 33.0 Å². The molecule has 12 heavy (non-hydrogen) atoms. The summed E-state index contributed by atoms with van der Waals surface area (Å²) >= 11 is 0. The second-order valence-electron chi connectivity index (χ2n) is 2.59. The third-order valence-electron chi connectivity index (χ3n) is 1.44. The van der Waals surface area contributed by atoms with Gasteiger partial charge in [0, 0.05) is 0 Å². The van der Waals surface area contributed by atoms with Crippen molar-refractivity contribution in [3.8, 4) is 0 Å². The van der Waals surface area contributed by atoms with Crippen LogP contribution in [-0.2, 0) is 9.47 Å². The fourth-order valence-electron chi connectivity index (χ4n) is 0.793. The Morgan fingerprint density at radius 1 is 1.33 bits per heavy atom. The highest BCUT2D eigenvalue weighted by Crippen LogP contribution is 1.94. The summed E-state index contributed by atoms with van der Waals surface area (Å²) in [6.07, 6.45) is 1.08. The number of hydrogen-bond acceptors (Lipinski definition) is 4. The number of aliphatic hydroxyl groups is 1. The van der Waals surface area contributed by atoms with Gasteiger partial charge in [-0.3, -0.25) is 0 Å². The minimum atomic E-state index is 0.0678. The summed E-state index contributed by atoms with van der Waals surface area (Å²) in [6.45, 7) is 4.20. The molecule has 0 heterocycles. The van der Waals surface area contributed by atoms with Crippen LogP contribution in [0.15, 0.2) is 0 Å². The third kappa shape index (κ3) is 7.94. The van der Waals surface area contributed by atoms with Crippen LogP contribution in [0.25, 0.3) is 0 Å². The second-order valence-corrected chi connectivity index (χ2v) is 2.59. The average Bonchev–Trinajstić information content (AvgIpc) is 2.05. The van der Waals surface area contributed by atoms with Crippen molar-refractivity contribution in [3.05, 3.63) is 0 Å². The Balaban J connectivity index is 2.97. The Bertz CT molecular complexity index is 90.4. The first-order chi connectivity index (χ1) is 5.81. The summed E-state index contributed by atoms with van der Waals surface area (Å²) in [4.78, 5) is 0. The Hall–Kier alpha value is -0.160. The van der Waals surface area contributed by atoms with E-state index in [4.69, 9.17) is 20.3 Å². The summed E-state index contributed by atoms with van der Waals surface area (Å²) in [5.41, 5.74) is 5.34. The molecule has 3 N–H and O–H groups in total. The van der Waals surface area contributed by atoms with Gasteiger partial charge in [-0.2, -0.15) is 0 Å². The Morgan fingerprint density at radius 3 is 2.67 bits per heavy atom. The fourth-order valence-corrected chi connectivity index (χ4v) is 0.793. The Labute approximate surface area is 73.7 Å². The lowest BCUT2D eigenvalue weighted by Gasteiger charge is -2.11. The number of rotatable bonds is 8. The summed E-state index contributed by atoms with van der Waals surface area (Å²) in [5, 5.41) is 8.38. The van der Waals surface area contributed by atoms with Crippen LogP contribution < -0.4 is 5.73 Å². The van der Waals surface area contributed by atoms with Gasteiger partial charge in [0.05, 0.1) is 32.5 Å².